The summed E-state index contributed by atoms with van der Waals surface area (Å²) in [6, 6.07) is 0. The molecule has 0 radical (unpaired) electrons. The van der Waals surface area contributed by atoms with Crippen LogP contribution in [0.3, 0.4) is 0 Å². The monoisotopic (exact) mass is 200 g/mol. The van der Waals surface area contributed by atoms with Crippen LogP contribution in [0.4, 0.5) is 0 Å². The molecule has 0 aromatic rings. The van der Waals surface area contributed by atoms with E-state index < -0.39 is 0 Å². The molecule has 1 heterocycles. The van der Waals surface area contributed by atoms with Crippen LogP contribution >= 0.6 is 0 Å². The highest BCUT2D eigenvalue weighted by molar-refractivity contribution is 5.76. The molecule has 0 bridgehead atoms. The lowest BCUT2D eigenvalue weighted by Gasteiger charge is -2.26. The summed E-state index contributed by atoms with van der Waals surface area (Å²) >= 11 is 0. The lowest BCUT2D eigenvalue weighted by Crippen LogP contribution is -2.44. The lowest BCUT2D eigenvalue weighted by atomic mass is 9.99. The Balaban J connectivity index is 1.87. The van der Waals surface area contributed by atoms with Crippen LogP contribution in [0, 0.1) is 5.92 Å². The Morgan fingerprint density at radius 1 is 1.57 bits per heavy atom. The van der Waals surface area contributed by atoms with E-state index >= 15 is 0 Å². The number of amides is 1. The van der Waals surface area contributed by atoms with E-state index in [0.717, 1.165) is 39.3 Å². The van der Waals surface area contributed by atoms with Gasteiger partial charge in [0.05, 0.1) is 0 Å². The fraction of sp³-hybridized carbons (Fsp3) is 0.900. The highest BCUT2D eigenvalue weighted by Gasteiger charge is 2.19. The molecule has 1 rings (SSSR count). The Hall–Kier alpha value is -0.610. The number of carbonyl (C=O) groups is 1. The van der Waals surface area contributed by atoms with E-state index in [9.17, 15) is 4.79 Å². The Kier molecular flexibility index (Phi) is 5.56. The number of ether oxygens (including phenoxy) is 1. The number of carbonyl (C=O) groups excluding carboxylic acids is 1. The van der Waals surface area contributed by atoms with Crippen molar-refractivity contribution in [3.05, 3.63) is 0 Å². The van der Waals surface area contributed by atoms with Gasteiger partial charge in [0.25, 0.3) is 0 Å². The van der Waals surface area contributed by atoms with Gasteiger partial charge in [-0.2, -0.15) is 0 Å². The first-order chi connectivity index (χ1) is 6.83. The van der Waals surface area contributed by atoms with Gasteiger partial charge in [-0.25, -0.2) is 0 Å². The minimum Gasteiger partial charge on any atom is -0.382 e. The van der Waals surface area contributed by atoms with Crippen molar-refractivity contribution >= 4 is 5.91 Å². The molecule has 4 nitrogen and oxygen atoms in total. The van der Waals surface area contributed by atoms with Gasteiger partial charge in [0.15, 0.2) is 0 Å². The van der Waals surface area contributed by atoms with Gasteiger partial charge < -0.3 is 15.4 Å². The number of hydrogen-bond acceptors (Lipinski definition) is 3. The molecular formula is C10H20N2O2. The Morgan fingerprint density at radius 2 is 2.36 bits per heavy atom. The third-order valence-electron chi connectivity index (χ3n) is 2.33. The van der Waals surface area contributed by atoms with Crippen LogP contribution in [-0.4, -0.2) is 38.8 Å². The fourth-order valence-electron chi connectivity index (χ4n) is 1.37. The zero-order valence-corrected chi connectivity index (χ0v) is 8.84. The SMILES string of the molecule is CCOCCCNC(=O)CC1CNC1. The van der Waals surface area contributed by atoms with Gasteiger partial charge in [-0.05, 0) is 32.4 Å². The van der Waals surface area contributed by atoms with Gasteiger partial charge in [0.1, 0.15) is 0 Å². The van der Waals surface area contributed by atoms with Gasteiger partial charge in [0, 0.05) is 26.2 Å². The van der Waals surface area contributed by atoms with E-state index in [2.05, 4.69) is 10.6 Å². The summed E-state index contributed by atoms with van der Waals surface area (Å²) in [5.41, 5.74) is 0. The number of hydrogen-bond donors (Lipinski definition) is 2. The molecular weight excluding hydrogens is 180 g/mol. The number of rotatable bonds is 7. The third kappa shape index (κ3) is 4.58. The van der Waals surface area contributed by atoms with Gasteiger partial charge in [-0.3, -0.25) is 4.79 Å². The van der Waals surface area contributed by atoms with Crippen molar-refractivity contribution in [3.8, 4) is 0 Å². The van der Waals surface area contributed by atoms with Crippen LogP contribution in [0.1, 0.15) is 19.8 Å². The normalized spacial score (nSPS) is 16.4. The predicted molar refractivity (Wildman–Crippen MR) is 55.1 cm³/mol. The summed E-state index contributed by atoms with van der Waals surface area (Å²) < 4.78 is 5.17. The minimum absolute atomic E-state index is 0.174. The van der Waals surface area contributed by atoms with Crippen LogP contribution in [0.25, 0.3) is 0 Å². The second kappa shape index (κ2) is 6.79. The first-order valence-electron chi connectivity index (χ1n) is 5.38. The van der Waals surface area contributed by atoms with Gasteiger partial charge in [0.2, 0.25) is 5.91 Å². The minimum atomic E-state index is 0.174. The quantitative estimate of drug-likeness (QED) is 0.575. The zero-order chi connectivity index (χ0) is 10.2. The first kappa shape index (κ1) is 11.5. The highest BCUT2D eigenvalue weighted by Crippen LogP contribution is 2.07. The van der Waals surface area contributed by atoms with E-state index in [1.807, 2.05) is 6.92 Å². The van der Waals surface area contributed by atoms with E-state index in [-0.39, 0.29) is 5.91 Å². The first-order valence-corrected chi connectivity index (χ1v) is 5.38. The summed E-state index contributed by atoms with van der Waals surface area (Å²) in [6.07, 6.45) is 1.57. The third-order valence-corrected chi connectivity index (χ3v) is 2.33. The average Bonchev–Trinajstić information content (AvgIpc) is 2.11. The molecule has 4 heteroatoms. The maximum Gasteiger partial charge on any atom is 0.220 e. The predicted octanol–water partition coefficient (Wildman–Crippen LogP) is 0.139. The molecule has 2 N–H and O–H groups in total. The van der Waals surface area contributed by atoms with Crippen molar-refractivity contribution in [3.63, 3.8) is 0 Å². The van der Waals surface area contributed by atoms with Crippen molar-refractivity contribution < 1.29 is 9.53 Å². The largest absolute Gasteiger partial charge is 0.382 e. The Bertz CT molecular complexity index is 170. The molecule has 14 heavy (non-hydrogen) atoms. The molecule has 1 aliphatic rings. The van der Waals surface area contributed by atoms with Crippen LogP contribution in [0.5, 0.6) is 0 Å². The number of nitrogens with one attached hydrogen (secondary N) is 2. The maximum atomic E-state index is 11.3. The van der Waals surface area contributed by atoms with Gasteiger partial charge in [-0.15, -0.1) is 0 Å². The van der Waals surface area contributed by atoms with Crippen LogP contribution in [-0.2, 0) is 9.53 Å². The van der Waals surface area contributed by atoms with E-state index in [0.29, 0.717) is 12.3 Å². The lowest BCUT2D eigenvalue weighted by molar-refractivity contribution is -0.122. The molecule has 0 atom stereocenters. The van der Waals surface area contributed by atoms with Crippen LogP contribution in [0.2, 0.25) is 0 Å². The smallest absolute Gasteiger partial charge is 0.220 e. The van der Waals surface area contributed by atoms with Crippen molar-refractivity contribution in [2.45, 2.75) is 19.8 Å². The summed E-state index contributed by atoms with van der Waals surface area (Å²) in [5.74, 6) is 0.731. The molecule has 0 aromatic carbocycles. The fourth-order valence-corrected chi connectivity index (χ4v) is 1.37. The standard InChI is InChI=1S/C10H20N2O2/c1-2-14-5-3-4-12-10(13)6-9-7-11-8-9/h9,11H,2-8H2,1H3,(H,12,13). The molecule has 0 saturated carbocycles. The highest BCUT2D eigenvalue weighted by atomic mass is 16.5. The molecule has 0 unspecified atom stereocenters. The zero-order valence-electron chi connectivity index (χ0n) is 8.84. The summed E-state index contributed by atoms with van der Waals surface area (Å²) in [6.45, 7) is 6.18. The van der Waals surface area contributed by atoms with Crippen LogP contribution < -0.4 is 10.6 Å². The molecule has 1 saturated heterocycles. The van der Waals surface area contributed by atoms with Crippen molar-refractivity contribution in [2.24, 2.45) is 5.92 Å². The van der Waals surface area contributed by atoms with Gasteiger partial charge in [-0.1, -0.05) is 0 Å². The van der Waals surface area contributed by atoms with Crippen LogP contribution in [0.15, 0.2) is 0 Å². The summed E-state index contributed by atoms with van der Waals surface area (Å²) in [5, 5.41) is 6.04. The van der Waals surface area contributed by atoms with E-state index in [1.165, 1.54) is 0 Å². The van der Waals surface area contributed by atoms with E-state index in [1.54, 1.807) is 0 Å². The maximum absolute atomic E-state index is 11.3. The molecule has 1 amide bonds. The van der Waals surface area contributed by atoms with Crippen molar-refractivity contribution in [1.29, 1.82) is 0 Å². The molecule has 1 aliphatic heterocycles. The molecule has 0 spiro atoms. The van der Waals surface area contributed by atoms with Crippen molar-refractivity contribution in [2.75, 3.05) is 32.8 Å². The summed E-state index contributed by atoms with van der Waals surface area (Å²) in [4.78, 5) is 11.3. The molecule has 82 valence electrons. The second-order valence-electron chi connectivity index (χ2n) is 3.63. The van der Waals surface area contributed by atoms with Gasteiger partial charge >= 0.3 is 0 Å². The molecule has 0 aromatic heterocycles. The molecule has 0 aliphatic carbocycles. The van der Waals surface area contributed by atoms with Crippen molar-refractivity contribution in [1.82, 2.24) is 10.6 Å². The summed E-state index contributed by atoms with van der Waals surface area (Å²) in [7, 11) is 0. The second-order valence-corrected chi connectivity index (χ2v) is 3.63. The molecule has 1 fully saturated rings. The topological polar surface area (TPSA) is 50.4 Å². The van der Waals surface area contributed by atoms with E-state index in [4.69, 9.17) is 4.74 Å². The Morgan fingerprint density at radius 3 is 2.93 bits per heavy atom. The average molecular weight is 200 g/mol. The Labute approximate surface area is 85.4 Å².